The minimum absolute atomic E-state index is 0.149. The monoisotopic (exact) mass is 220 g/mol. The third-order valence-electron chi connectivity index (χ3n) is 1.92. The quantitative estimate of drug-likeness (QED) is 0.842. The van der Waals surface area contributed by atoms with Crippen LogP contribution in [0, 0.1) is 0 Å². The van der Waals surface area contributed by atoms with Crippen LogP contribution in [0.15, 0.2) is 28.7 Å². The number of hydrogen-bond acceptors (Lipinski definition) is 5. The number of ether oxygens (including phenoxy) is 1. The zero-order valence-corrected chi connectivity index (χ0v) is 8.38. The summed E-state index contributed by atoms with van der Waals surface area (Å²) in [5.41, 5.74) is 0.611. The van der Waals surface area contributed by atoms with Gasteiger partial charge in [-0.15, -0.1) is 10.2 Å². The van der Waals surface area contributed by atoms with Gasteiger partial charge in [-0.25, -0.2) is 4.79 Å². The predicted molar refractivity (Wildman–Crippen MR) is 53.2 cm³/mol. The van der Waals surface area contributed by atoms with Crippen LogP contribution >= 0.6 is 0 Å². The van der Waals surface area contributed by atoms with E-state index in [1.807, 2.05) is 0 Å². The molecule has 0 spiro atoms. The average Bonchev–Trinajstić information content (AvgIpc) is 2.78. The van der Waals surface area contributed by atoms with Crippen LogP contribution in [0.4, 0.5) is 0 Å². The summed E-state index contributed by atoms with van der Waals surface area (Å²) in [5, 5.41) is 15.6. The Balaban J connectivity index is 2.38. The Labute approximate surface area is 90.5 Å². The molecule has 0 amide bonds. The van der Waals surface area contributed by atoms with E-state index in [0.717, 1.165) is 0 Å². The van der Waals surface area contributed by atoms with Crippen LogP contribution in [0.1, 0.15) is 10.7 Å². The van der Waals surface area contributed by atoms with Gasteiger partial charge in [0.25, 0.3) is 0 Å². The van der Waals surface area contributed by atoms with Crippen molar-refractivity contribution in [1.82, 2.24) is 10.2 Å². The Hall–Kier alpha value is -2.37. The molecule has 0 unspecified atom stereocenters. The molecule has 16 heavy (non-hydrogen) atoms. The summed E-state index contributed by atoms with van der Waals surface area (Å²) in [6.07, 6.45) is 0. The second-order valence-electron chi connectivity index (χ2n) is 2.95. The lowest BCUT2D eigenvalue weighted by molar-refractivity contribution is 0.0654. The normalized spacial score (nSPS) is 10.1. The summed E-state index contributed by atoms with van der Waals surface area (Å²) < 4.78 is 9.98. The molecule has 2 aromatic rings. The summed E-state index contributed by atoms with van der Waals surface area (Å²) in [6.45, 7) is 0. The van der Waals surface area contributed by atoms with Gasteiger partial charge >= 0.3 is 11.9 Å². The lowest BCUT2D eigenvalue weighted by Crippen LogP contribution is -1.95. The lowest BCUT2D eigenvalue weighted by Gasteiger charge is -1.99. The number of rotatable bonds is 3. The van der Waals surface area contributed by atoms with Gasteiger partial charge in [0.05, 0.1) is 7.11 Å². The van der Waals surface area contributed by atoms with Crippen molar-refractivity contribution in [3.8, 4) is 17.2 Å². The highest BCUT2D eigenvalue weighted by atomic mass is 16.5. The van der Waals surface area contributed by atoms with Crippen molar-refractivity contribution in [1.29, 1.82) is 0 Å². The molecule has 0 aliphatic carbocycles. The van der Waals surface area contributed by atoms with Gasteiger partial charge in [-0.1, -0.05) is 6.07 Å². The van der Waals surface area contributed by atoms with Crippen LogP contribution in [-0.4, -0.2) is 28.4 Å². The highest BCUT2D eigenvalue weighted by Gasteiger charge is 2.14. The van der Waals surface area contributed by atoms with Gasteiger partial charge in [0.15, 0.2) is 0 Å². The Morgan fingerprint density at radius 1 is 1.44 bits per heavy atom. The zero-order chi connectivity index (χ0) is 11.5. The first-order valence-electron chi connectivity index (χ1n) is 4.42. The van der Waals surface area contributed by atoms with E-state index < -0.39 is 11.9 Å². The van der Waals surface area contributed by atoms with Crippen molar-refractivity contribution in [2.45, 2.75) is 0 Å². The molecule has 0 saturated carbocycles. The number of aromatic nitrogens is 2. The first-order valence-corrected chi connectivity index (χ1v) is 4.42. The molecule has 2 rings (SSSR count). The fraction of sp³-hybridized carbons (Fsp3) is 0.100. The summed E-state index contributed by atoms with van der Waals surface area (Å²) in [7, 11) is 1.54. The standard InChI is InChI=1S/C10H8N2O4/c1-15-7-4-2-3-6(5-7)8-11-12-9(16-8)10(13)14/h2-5H,1H3,(H,13,14). The van der Waals surface area contributed by atoms with Crippen molar-refractivity contribution in [2.24, 2.45) is 0 Å². The molecule has 6 nitrogen and oxygen atoms in total. The van der Waals surface area contributed by atoms with Crippen molar-refractivity contribution in [3.05, 3.63) is 30.2 Å². The van der Waals surface area contributed by atoms with Crippen LogP contribution in [0.2, 0.25) is 0 Å². The molecule has 0 aliphatic rings. The number of hydrogen-bond donors (Lipinski definition) is 1. The SMILES string of the molecule is COc1cccc(-c2nnc(C(=O)O)o2)c1. The first-order chi connectivity index (χ1) is 7.70. The Kier molecular flexibility index (Phi) is 2.55. The van der Waals surface area contributed by atoms with Crippen LogP contribution in [-0.2, 0) is 0 Å². The smallest absolute Gasteiger partial charge is 0.393 e. The number of aromatic carboxylic acids is 1. The summed E-state index contributed by atoms with van der Waals surface area (Å²) in [5.74, 6) is -0.900. The molecule has 0 bridgehead atoms. The average molecular weight is 220 g/mol. The molecule has 82 valence electrons. The third kappa shape index (κ3) is 1.85. The van der Waals surface area contributed by atoms with Crippen molar-refractivity contribution < 1.29 is 19.1 Å². The van der Waals surface area contributed by atoms with E-state index >= 15 is 0 Å². The molecule has 1 N–H and O–H groups in total. The first kappa shape index (κ1) is 10.2. The number of carbonyl (C=O) groups is 1. The number of nitrogens with zero attached hydrogens (tertiary/aromatic N) is 2. The lowest BCUT2D eigenvalue weighted by atomic mass is 10.2. The van der Waals surface area contributed by atoms with Gasteiger partial charge < -0.3 is 14.3 Å². The molecule has 6 heteroatoms. The largest absolute Gasteiger partial charge is 0.497 e. The molecular formula is C10H8N2O4. The molecule has 0 fully saturated rings. The number of carboxylic acids is 1. The summed E-state index contributed by atoms with van der Waals surface area (Å²) in [6, 6.07) is 6.91. The minimum Gasteiger partial charge on any atom is -0.497 e. The maximum Gasteiger partial charge on any atom is 0.393 e. The minimum atomic E-state index is -1.25. The van der Waals surface area contributed by atoms with Gasteiger partial charge in [-0.3, -0.25) is 0 Å². The molecule has 0 saturated heterocycles. The fourth-order valence-electron chi connectivity index (χ4n) is 1.18. The van der Waals surface area contributed by atoms with E-state index in [1.54, 1.807) is 24.3 Å². The van der Waals surface area contributed by atoms with E-state index in [4.69, 9.17) is 14.3 Å². The number of benzene rings is 1. The van der Waals surface area contributed by atoms with Crippen LogP contribution in [0.5, 0.6) is 5.75 Å². The van der Waals surface area contributed by atoms with Crippen LogP contribution < -0.4 is 4.74 Å². The summed E-state index contributed by atoms with van der Waals surface area (Å²) in [4.78, 5) is 10.5. The Morgan fingerprint density at radius 2 is 2.25 bits per heavy atom. The van der Waals surface area contributed by atoms with Crippen molar-refractivity contribution >= 4 is 5.97 Å². The van der Waals surface area contributed by atoms with Gasteiger partial charge in [-0.2, -0.15) is 0 Å². The van der Waals surface area contributed by atoms with Gasteiger partial charge in [0, 0.05) is 5.56 Å². The van der Waals surface area contributed by atoms with Gasteiger partial charge in [0.2, 0.25) is 5.89 Å². The highest BCUT2D eigenvalue weighted by molar-refractivity contribution is 5.82. The maximum absolute atomic E-state index is 10.5. The maximum atomic E-state index is 10.5. The molecule has 1 heterocycles. The van der Waals surface area contributed by atoms with Crippen LogP contribution in [0.3, 0.4) is 0 Å². The number of carboxylic acid groups (broad SMARTS) is 1. The van der Waals surface area contributed by atoms with E-state index in [9.17, 15) is 4.79 Å². The van der Waals surface area contributed by atoms with Crippen molar-refractivity contribution in [2.75, 3.05) is 7.11 Å². The molecule has 0 atom stereocenters. The van der Waals surface area contributed by atoms with E-state index in [1.165, 1.54) is 7.11 Å². The van der Waals surface area contributed by atoms with E-state index in [0.29, 0.717) is 11.3 Å². The van der Waals surface area contributed by atoms with E-state index in [-0.39, 0.29) is 5.89 Å². The number of methoxy groups -OCH3 is 1. The van der Waals surface area contributed by atoms with Crippen molar-refractivity contribution in [3.63, 3.8) is 0 Å². The molecular weight excluding hydrogens is 212 g/mol. The second kappa shape index (κ2) is 4.01. The molecule has 0 radical (unpaired) electrons. The summed E-state index contributed by atoms with van der Waals surface area (Å²) >= 11 is 0. The molecule has 1 aromatic carbocycles. The Morgan fingerprint density at radius 3 is 2.88 bits per heavy atom. The predicted octanol–water partition coefficient (Wildman–Crippen LogP) is 1.44. The third-order valence-corrected chi connectivity index (χ3v) is 1.92. The van der Waals surface area contributed by atoms with E-state index in [2.05, 4.69) is 10.2 Å². The Bertz CT molecular complexity index is 521. The fourth-order valence-corrected chi connectivity index (χ4v) is 1.18. The topological polar surface area (TPSA) is 85.5 Å². The second-order valence-corrected chi connectivity index (χ2v) is 2.95. The zero-order valence-electron chi connectivity index (χ0n) is 8.38. The van der Waals surface area contributed by atoms with Gasteiger partial charge in [0.1, 0.15) is 5.75 Å². The highest BCUT2D eigenvalue weighted by Crippen LogP contribution is 2.22. The van der Waals surface area contributed by atoms with Gasteiger partial charge in [-0.05, 0) is 18.2 Å². The molecule has 0 aliphatic heterocycles. The van der Waals surface area contributed by atoms with Crippen LogP contribution in [0.25, 0.3) is 11.5 Å². The molecule has 1 aromatic heterocycles.